The second-order valence-corrected chi connectivity index (χ2v) is 7.80. The molecule has 148 valence electrons. The molecule has 28 heavy (non-hydrogen) atoms. The van der Waals surface area contributed by atoms with E-state index in [1.807, 2.05) is 6.92 Å². The summed E-state index contributed by atoms with van der Waals surface area (Å²) in [7, 11) is -3.68. The summed E-state index contributed by atoms with van der Waals surface area (Å²) in [5.74, 6) is -0.616. The fraction of sp³-hybridized carbons (Fsp3) is 0.222. The summed E-state index contributed by atoms with van der Waals surface area (Å²) in [4.78, 5) is 22.3. The van der Waals surface area contributed by atoms with Crippen molar-refractivity contribution in [3.63, 3.8) is 0 Å². The van der Waals surface area contributed by atoms with Crippen molar-refractivity contribution in [2.45, 2.75) is 13.3 Å². The van der Waals surface area contributed by atoms with Crippen LogP contribution < -0.4 is 9.73 Å². The zero-order valence-electron chi connectivity index (χ0n) is 15.4. The van der Waals surface area contributed by atoms with Crippen LogP contribution in [0.4, 0.5) is 11.4 Å². The Hall–Kier alpha value is -3.27. The number of non-ortho nitro benzene ring substituents is 1. The molecule has 1 N–H and O–H groups in total. The number of nitrogens with zero attached hydrogens (tertiary/aromatic N) is 3. The Kier molecular flexibility index (Phi) is 6.83. The van der Waals surface area contributed by atoms with Crippen LogP contribution in [0.3, 0.4) is 0 Å². The van der Waals surface area contributed by atoms with Gasteiger partial charge in [-0.25, -0.2) is 13.8 Å². The predicted octanol–water partition coefficient (Wildman–Crippen LogP) is 2.07. The number of carbonyl (C=O) groups excluding carboxylic acids is 1. The van der Waals surface area contributed by atoms with Crippen LogP contribution in [0, 0.1) is 10.1 Å². The molecule has 0 aromatic heterocycles. The van der Waals surface area contributed by atoms with Crippen molar-refractivity contribution in [3.05, 3.63) is 69.8 Å². The predicted molar refractivity (Wildman–Crippen MR) is 107 cm³/mol. The van der Waals surface area contributed by atoms with E-state index in [-0.39, 0.29) is 5.69 Å². The van der Waals surface area contributed by atoms with Crippen molar-refractivity contribution in [3.8, 4) is 0 Å². The van der Waals surface area contributed by atoms with Gasteiger partial charge in [0.1, 0.15) is 6.54 Å². The summed E-state index contributed by atoms with van der Waals surface area (Å²) >= 11 is 0. The van der Waals surface area contributed by atoms with Crippen LogP contribution in [0.25, 0.3) is 0 Å². The van der Waals surface area contributed by atoms with Crippen molar-refractivity contribution in [1.82, 2.24) is 5.43 Å². The van der Waals surface area contributed by atoms with Crippen LogP contribution >= 0.6 is 0 Å². The summed E-state index contributed by atoms with van der Waals surface area (Å²) in [5.41, 5.74) is 4.00. The van der Waals surface area contributed by atoms with E-state index in [2.05, 4.69) is 10.5 Å². The van der Waals surface area contributed by atoms with Gasteiger partial charge in [0.15, 0.2) is 0 Å². The third-order valence-corrected chi connectivity index (χ3v) is 4.96. The Morgan fingerprint density at radius 2 is 1.86 bits per heavy atom. The van der Waals surface area contributed by atoms with Gasteiger partial charge in [-0.1, -0.05) is 25.1 Å². The van der Waals surface area contributed by atoms with Gasteiger partial charge >= 0.3 is 0 Å². The number of nitro benzene ring substituents is 1. The molecule has 0 atom stereocenters. The van der Waals surface area contributed by atoms with Gasteiger partial charge in [0.05, 0.1) is 23.1 Å². The minimum Gasteiger partial charge on any atom is -0.271 e. The number of hydrogen-bond donors (Lipinski definition) is 1. The number of hydrogen-bond acceptors (Lipinski definition) is 6. The third kappa shape index (κ3) is 5.61. The monoisotopic (exact) mass is 404 g/mol. The summed E-state index contributed by atoms with van der Waals surface area (Å²) in [6.45, 7) is 1.47. The van der Waals surface area contributed by atoms with E-state index in [1.165, 1.54) is 30.5 Å². The van der Waals surface area contributed by atoms with E-state index < -0.39 is 27.4 Å². The molecule has 9 nitrogen and oxygen atoms in total. The lowest BCUT2D eigenvalue weighted by Gasteiger charge is -2.23. The maximum Gasteiger partial charge on any atom is 0.269 e. The molecule has 0 unspecified atom stereocenters. The molecule has 0 spiro atoms. The first kappa shape index (κ1) is 21.0. The van der Waals surface area contributed by atoms with Crippen LogP contribution in [0.1, 0.15) is 18.1 Å². The Morgan fingerprint density at radius 3 is 2.43 bits per heavy atom. The molecule has 0 aliphatic carbocycles. The van der Waals surface area contributed by atoms with E-state index in [0.717, 1.165) is 16.1 Å². The quantitative estimate of drug-likeness (QED) is 0.410. The third-order valence-electron chi connectivity index (χ3n) is 3.84. The van der Waals surface area contributed by atoms with Crippen molar-refractivity contribution >= 4 is 33.5 Å². The smallest absolute Gasteiger partial charge is 0.269 e. The van der Waals surface area contributed by atoms with Gasteiger partial charge in [0.2, 0.25) is 10.0 Å². The highest BCUT2D eigenvalue weighted by Crippen LogP contribution is 2.23. The number of sulfonamides is 1. The molecule has 0 saturated heterocycles. The molecule has 0 aliphatic heterocycles. The Morgan fingerprint density at radius 1 is 1.21 bits per heavy atom. The van der Waals surface area contributed by atoms with E-state index in [0.29, 0.717) is 17.7 Å². The molecule has 2 rings (SSSR count). The highest BCUT2D eigenvalue weighted by atomic mass is 32.2. The number of carbonyl (C=O) groups is 1. The van der Waals surface area contributed by atoms with Crippen LogP contribution in [0.5, 0.6) is 0 Å². The number of benzene rings is 2. The lowest BCUT2D eigenvalue weighted by atomic mass is 10.1. The summed E-state index contributed by atoms with van der Waals surface area (Å²) in [6, 6.07) is 12.6. The van der Waals surface area contributed by atoms with E-state index in [1.54, 1.807) is 24.3 Å². The Bertz CT molecular complexity index is 987. The minimum atomic E-state index is -3.68. The topological polar surface area (TPSA) is 122 Å². The largest absolute Gasteiger partial charge is 0.271 e. The van der Waals surface area contributed by atoms with Crippen molar-refractivity contribution in [2.75, 3.05) is 17.1 Å². The second-order valence-electron chi connectivity index (χ2n) is 5.89. The Labute approximate surface area is 162 Å². The first-order chi connectivity index (χ1) is 13.2. The van der Waals surface area contributed by atoms with E-state index in [4.69, 9.17) is 0 Å². The molecular weight excluding hydrogens is 384 g/mol. The average Bonchev–Trinajstić information content (AvgIpc) is 2.65. The molecule has 0 fully saturated rings. The van der Waals surface area contributed by atoms with E-state index >= 15 is 0 Å². The number of anilines is 1. The lowest BCUT2D eigenvalue weighted by molar-refractivity contribution is -0.384. The summed E-state index contributed by atoms with van der Waals surface area (Å²) in [5, 5.41) is 14.4. The number of hydrazone groups is 1. The fourth-order valence-corrected chi connectivity index (χ4v) is 3.35. The van der Waals surface area contributed by atoms with Crippen LogP contribution in [-0.2, 0) is 21.2 Å². The van der Waals surface area contributed by atoms with Crippen molar-refractivity contribution < 1.29 is 18.1 Å². The van der Waals surface area contributed by atoms with Gasteiger partial charge in [0, 0.05) is 12.1 Å². The first-order valence-electron chi connectivity index (χ1n) is 8.34. The highest BCUT2D eigenvalue weighted by molar-refractivity contribution is 7.92. The number of rotatable bonds is 8. The highest BCUT2D eigenvalue weighted by Gasteiger charge is 2.22. The maximum atomic E-state index is 12.2. The molecular formula is C18H20N4O5S. The molecule has 0 saturated carbocycles. The standard InChI is InChI=1S/C18H20N4O5S/c1-3-15-6-4-5-7-17(15)21(28(2,26)27)13-18(23)20-19-12-14-8-10-16(11-9-14)22(24)25/h4-12H,3,13H2,1-2H3,(H,20,23)/b19-12-. The molecule has 2 aromatic carbocycles. The number of aryl methyl sites for hydroxylation is 1. The first-order valence-corrected chi connectivity index (χ1v) is 10.2. The zero-order chi connectivity index (χ0) is 20.7. The molecule has 1 amide bonds. The number of nitro groups is 1. The van der Waals surface area contributed by atoms with Crippen LogP contribution in [0.15, 0.2) is 53.6 Å². The molecule has 2 aromatic rings. The van der Waals surface area contributed by atoms with Crippen LogP contribution in [-0.4, -0.2) is 38.3 Å². The maximum absolute atomic E-state index is 12.2. The van der Waals surface area contributed by atoms with Gasteiger partial charge in [-0.3, -0.25) is 19.2 Å². The fourth-order valence-electron chi connectivity index (χ4n) is 2.46. The normalized spacial score (nSPS) is 11.4. The second kappa shape index (κ2) is 9.09. The van der Waals surface area contributed by atoms with Gasteiger partial charge < -0.3 is 0 Å². The van der Waals surface area contributed by atoms with Crippen LogP contribution in [0.2, 0.25) is 0 Å². The summed E-state index contributed by atoms with van der Waals surface area (Å²) in [6.07, 6.45) is 2.96. The van der Waals surface area contributed by atoms with Gasteiger partial charge in [0.25, 0.3) is 11.6 Å². The van der Waals surface area contributed by atoms with E-state index in [9.17, 15) is 23.3 Å². The number of amides is 1. The molecule has 10 heteroatoms. The zero-order valence-corrected chi connectivity index (χ0v) is 16.2. The lowest BCUT2D eigenvalue weighted by Crippen LogP contribution is -2.39. The van der Waals surface area contributed by atoms with Crippen molar-refractivity contribution in [2.24, 2.45) is 5.10 Å². The summed E-state index contributed by atoms with van der Waals surface area (Å²) < 4.78 is 25.4. The SMILES string of the molecule is CCc1ccccc1N(CC(=O)N/N=C\c1ccc([N+](=O)[O-])cc1)S(C)(=O)=O. The molecule has 0 heterocycles. The number of para-hydroxylation sites is 1. The van der Waals surface area contributed by atoms with Crippen molar-refractivity contribution in [1.29, 1.82) is 0 Å². The molecule has 0 bridgehead atoms. The number of nitrogens with one attached hydrogen (secondary N) is 1. The van der Waals surface area contributed by atoms with Gasteiger partial charge in [-0.2, -0.15) is 5.10 Å². The minimum absolute atomic E-state index is 0.0560. The Balaban J connectivity index is 2.09. The van der Waals surface area contributed by atoms with Gasteiger partial charge in [-0.05, 0) is 35.7 Å². The van der Waals surface area contributed by atoms with Gasteiger partial charge in [-0.15, -0.1) is 0 Å². The average molecular weight is 404 g/mol. The molecule has 0 aliphatic rings. The molecule has 0 radical (unpaired) electrons.